The van der Waals surface area contributed by atoms with Gasteiger partial charge in [-0.1, -0.05) is 6.07 Å². The number of nitrogens with one attached hydrogen (secondary N) is 2. The van der Waals surface area contributed by atoms with E-state index in [-0.39, 0.29) is 11.9 Å². The van der Waals surface area contributed by atoms with Crippen LogP contribution >= 0.6 is 0 Å². The predicted octanol–water partition coefficient (Wildman–Crippen LogP) is 2.03. The van der Waals surface area contributed by atoms with Crippen molar-refractivity contribution in [2.75, 3.05) is 11.9 Å². The molecule has 0 bridgehead atoms. The van der Waals surface area contributed by atoms with Gasteiger partial charge in [0.25, 0.3) is 0 Å². The van der Waals surface area contributed by atoms with Crippen molar-refractivity contribution in [3.8, 4) is 11.5 Å². The first kappa shape index (κ1) is 11.9. The fraction of sp³-hybridized carbons (Fsp3) is 0.286. The number of anilines is 1. The van der Waals surface area contributed by atoms with Crippen LogP contribution in [0.4, 0.5) is 5.69 Å². The van der Waals surface area contributed by atoms with Crippen molar-refractivity contribution in [3.63, 3.8) is 0 Å². The van der Waals surface area contributed by atoms with Crippen LogP contribution in [-0.2, 0) is 4.79 Å². The minimum Gasteiger partial charge on any atom is -0.445 e. The minimum atomic E-state index is -0.0783. The van der Waals surface area contributed by atoms with E-state index in [1.54, 1.807) is 6.20 Å². The Balaban J connectivity index is 1.74. The number of oxazole rings is 1. The maximum atomic E-state index is 12.0. The highest BCUT2D eigenvalue weighted by molar-refractivity contribution is 5.95. The molecule has 2 heterocycles. The molecule has 1 saturated heterocycles. The van der Waals surface area contributed by atoms with E-state index in [4.69, 9.17) is 4.42 Å². The first-order valence-corrected chi connectivity index (χ1v) is 6.37. The van der Waals surface area contributed by atoms with E-state index >= 15 is 0 Å². The summed E-state index contributed by atoms with van der Waals surface area (Å²) in [6.45, 7) is 0.911. The van der Waals surface area contributed by atoms with Gasteiger partial charge in [0.2, 0.25) is 11.8 Å². The lowest BCUT2D eigenvalue weighted by Gasteiger charge is -2.11. The second-order valence-electron chi connectivity index (χ2n) is 4.56. The molecule has 98 valence electrons. The lowest BCUT2D eigenvalue weighted by atomic mass is 10.1. The summed E-state index contributed by atoms with van der Waals surface area (Å²) in [5, 5.41) is 6.09. The van der Waals surface area contributed by atoms with Gasteiger partial charge in [-0.25, -0.2) is 4.98 Å². The molecule has 1 fully saturated rings. The lowest BCUT2D eigenvalue weighted by molar-refractivity contribution is -0.117. The standard InChI is InChI=1S/C14H15N3O2/c18-13(12-5-2-6-15-12)17-11-4-1-3-10(9-11)14-16-7-8-19-14/h1,3-4,7-9,12,15H,2,5-6H2,(H,17,18). The van der Waals surface area contributed by atoms with Crippen LogP contribution in [0.2, 0.25) is 0 Å². The molecular weight excluding hydrogens is 242 g/mol. The second-order valence-corrected chi connectivity index (χ2v) is 4.56. The molecular formula is C14H15N3O2. The van der Waals surface area contributed by atoms with Gasteiger partial charge in [0.05, 0.1) is 12.2 Å². The Bertz CT molecular complexity index is 560. The molecule has 2 aromatic rings. The molecule has 1 amide bonds. The number of carbonyl (C=O) groups is 1. The quantitative estimate of drug-likeness (QED) is 0.883. The third kappa shape index (κ3) is 2.66. The number of hydrogen-bond donors (Lipinski definition) is 2. The maximum Gasteiger partial charge on any atom is 0.241 e. The van der Waals surface area contributed by atoms with Gasteiger partial charge in [-0.15, -0.1) is 0 Å². The monoisotopic (exact) mass is 257 g/mol. The molecule has 3 rings (SSSR count). The largest absolute Gasteiger partial charge is 0.445 e. The Morgan fingerprint density at radius 1 is 1.47 bits per heavy atom. The smallest absolute Gasteiger partial charge is 0.241 e. The third-order valence-corrected chi connectivity index (χ3v) is 3.19. The van der Waals surface area contributed by atoms with Crippen LogP contribution in [-0.4, -0.2) is 23.5 Å². The second kappa shape index (κ2) is 5.24. The van der Waals surface area contributed by atoms with Crippen LogP contribution in [0.5, 0.6) is 0 Å². The third-order valence-electron chi connectivity index (χ3n) is 3.19. The molecule has 19 heavy (non-hydrogen) atoms. The average Bonchev–Trinajstić information content (AvgIpc) is 3.13. The Morgan fingerprint density at radius 2 is 2.42 bits per heavy atom. The molecule has 1 aromatic heterocycles. The van der Waals surface area contributed by atoms with Gasteiger partial charge in [0.15, 0.2) is 0 Å². The number of rotatable bonds is 3. The zero-order chi connectivity index (χ0) is 13.1. The van der Waals surface area contributed by atoms with Crippen molar-refractivity contribution in [3.05, 3.63) is 36.7 Å². The van der Waals surface area contributed by atoms with E-state index in [0.29, 0.717) is 5.89 Å². The van der Waals surface area contributed by atoms with E-state index in [1.165, 1.54) is 6.26 Å². The number of nitrogens with zero attached hydrogens (tertiary/aromatic N) is 1. The number of aromatic nitrogens is 1. The van der Waals surface area contributed by atoms with Crippen molar-refractivity contribution in [1.82, 2.24) is 10.3 Å². The number of hydrogen-bond acceptors (Lipinski definition) is 4. The van der Waals surface area contributed by atoms with Gasteiger partial charge in [0, 0.05) is 11.3 Å². The van der Waals surface area contributed by atoms with Crippen molar-refractivity contribution in [2.45, 2.75) is 18.9 Å². The number of amides is 1. The van der Waals surface area contributed by atoms with Gasteiger partial charge in [-0.2, -0.15) is 0 Å². The molecule has 0 radical (unpaired) electrons. The van der Waals surface area contributed by atoms with Crippen LogP contribution in [0, 0.1) is 0 Å². The predicted molar refractivity (Wildman–Crippen MR) is 71.6 cm³/mol. The molecule has 0 spiro atoms. The summed E-state index contributed by atoms with van der Waals surface area (Å²) in [6.07, 6.45) is 5.08. The lowest BCUT2D eigenvalue weighted by Crippen LogP contribution is -2.35. The van der Waals surface area contributed by atoms with Crippen LogP contribution in [0.15, 0.2) is 41.1 Å². The van der Waals surface area contributed by atoms with E-state index in [0.717, 1.165) is 30.6 Å². The van der Waals surface area contributed by atoms with Gasteiger partial charge in [-0.05, 0) is 37.6 Å². The summed E-state index contributed by atoms with van der Waals surface area (Å²) < 4.78 is 5.24. The molecule has 1 atom stereocenters. The van der Waals surface area contributed by atoms with Gasteiger partial charge >= 0.3 is 0 Å². The Morgan fingerprint density at radius 3 is 3.16 bits per heavy atom. The summed E-state index contributed by atoms with van der Waals surface area (Å²) in [5.41, 5.74) is 1.61. The summed E-state index contributed by atoms with van der Waals surface area (Å²) in [5.74, 6) is 0.567. The summed E-state index contributed by atoms with van der Waals surface area (Å²) in [4.78, 5) is 16.1. The summed E-state index contributed by atoms with van der Waals surface area (Å²) in [6, 6.07) is 7.41. The zero-order valence-electron chi connectivity index (χ0n) is 10.4. The fourth-order valence-corrected chi connectivity index (χ4v) is 2.23. The van der Waals surface area contributed by atoms with E-state index in [2.05, 4.69) is 15.6 Å². The fourth-order valence-electron chi connectivity index (χ4n) is 2.23. The first-order valence-electron chi connectivity index (χ1n) is 6.37. The highest BCUT2D eigenvalue weighted by Crippen LogP contribution is 2.21. The number of benzene rings is 1. The zero-order valence-corrected chi connectivity index (χ0v) is 10.4. The van der Waals surface area contributed by atoms with Crippen LogP contribution in [0.25, 0.3) is 11.5 Å². The van der Waals surface area contributed by atoms with Crippen LogP contribution < -0.4 is 10.6 Å². The van der Waals surface area contributed by atoms with Crippen molar-refractivity contribution in [1.29, 1.82) is 0 Å². The van der Waals surface area contributed by atoms with Crippen molar-refractivity contribution < 1.29 is 9.21 Å². The Kier molecular flexibility index (Phi) is 3.29. The van der Waals surface area contributed by atoms with E-state index < -0.39 is 0 Å². The molecule has 0 aliphatic carbocycles. The highest BCUT2D eigenvalue weighted by Gasteiger charge is 2.21. The van der Waals surface area contributed by atoms with Crippen LogP contribution in [0.3, 0.4) is 0 Å². The van der Waals surface area contributed by atoms with Crippen LogP contribution in [0.1, 0.15) is 12.8 Å². The van der Waals surface area contributed by atoms with Crippen molar-refractivity contribution in [2.24, 2.45) is 0 Å². The van der Waals surface area contributed by atoms with Gasteiger partial charge in [0.1, 0.15) is 6.26 Å². The molecule has 2 N–H and O–H groups in total. The molecule has 1 aromatic carbocycles. The average molecular weight is 257 g/mol. The Labute approximate surface area is 111 Å². The Hall–Kier alpha value is -2.14. The molecule has 1 unspecified atom stereocenters. The summed E-state index contributed by atoms with van der Waals surface area (Å²) >= 11 is 0. The van der Waals surface area contributed by atoms with Crippen molar-refractivity contribution >= 4 is 11.6 Å². The topological polar surface area (TPSA) is 67.2 Å². The summed E-state index contributed by atoms with van der Waals surface area (Å²) in [7, 11) is 0. The van der Waals surface area contributed by atoms with Gasteiger partial charge < -0.3 is 15.1 Å². The normalized spacial score (nSPS) is 18.4. The SMILES string of the molecule is O=C(Nc1cccc(-c2ncco2)c1)C1CCCN1. The molecule has 1 aliphatic heterocycles. The van der Waals surface area contributed by atoms with E-state index in [9.17, 15) is 4.79 Å². The molecule has 5 heteroatoms. The highest BCUT2D eigenvalue weighted by atomic mass is 16.3. The number of carbonyl (C=O) groups excluding carboxylic acids is 1. The maximum absolute atomic E-state index is 12.0. The van der Waals surface area contributed by atoms with Gasteiger partial charge in [-0.3, -0.25) is 4.79 Å². The first-order chi connectivity index (χ1) is 9.33. The molecule has 1 aliphatic rings. The molecule has 5 nitrogen and oxygen atoms in total. The van der Waals surface area contributed by atoms with E-state index in [1.807, 2.05) is 24.3 Å². The minimum absolute atomic E-state index is 0.0158. The molecule has 0 saturated carbocycles.